The minimum absolute atomic E-state index is 0.0568. The van der Waals surface area contributed by atoms with Gasteiger partial charge < -0.3 is 9.64 Å². The number of carbonyl (C=O) groups is 3. The van der Waals surface area contributed by atoms with Crippen molar-refractivity contribution in [2.45, 2.75) is 64.8 Å². The molecule has 2 aliphatic heterocycles. The molecule has 5 heteroatoms. The fraction of sp³-hybridized carbons (Fsp3) is 0.833. The van der Waals surface area contributed by atoms with Crippen molar-refractivity contribution in [3.63, 3.8) is 0 Å². The topological polar surface area (TPSA) is 63.7 Å². The lowest BCUT2D eigenvalue weighted by Gasteiger charge is -2.34. The van der Waals surface area contributed by atoms with Crippen molar-refractivity contribution in [3.8, 4) is 0 Å². The van der Waals surface area contributed by atoms with Crippen LogP contribution < -0.4 is 0 Å². The van der Waals surface area contributed by atoms with Crippen molar-refractivity contribution in [2.24, 2.45) is 17.8 Å². The number of ketones is 1. The number of rotatable bonds is 6. The zero-order chi connectivity index (χ0) is 17.0. The molecular formula is C18H29NO4. The standard InChI is InChI=1S/C18H29NO4/c1-4-13(16(20)11-12(2)18(22)23-3)14-7-5-6-10-19-15(14)8-9-17(19)21/h12-15H,4-11H2,1-3H3. The normalized spacial score (nSPS) is 27.1. The van der Waals surface area contributed by atoms with Crippen molar-refractivity contribution in [2.75, 3.05) is 13.7 Å². The average Bonchev–Trinajstić information content (AvgIpc) is 2.77. The lowest BCUT2D eigenvalue weighted by Crippen LogP contribution is -2.41. The second-order valence-corrected chi connectivity index (χ2v) is 6.96. The third-order valence-electron chi connectivity index (χ3n) is 5.54. The predicted molar refractivity (Wildman–Crippen MR) is 86.7 cm³/mol. The maximum absolute atomic E-state index is 12.8. The Morgan fingerprint density at radius 3 is 2.70 bits per heavy atom. The minimum atomic E-state index is -0.395. The van der Waals surface area contributed by atoms with E-state index in [0.717, 1.165) is 38.6 Å². The van der Waals surface area contributed by atoms with Crippen LogP contribution in [-0.4, -0.2) is 42.3 Å². The van der Waals surface area contributed by atoms with Crippen LogP contribution in [0.5, 0.6) is 0 Å². The Balaban J connectivity index is 2.10. The van der Waals surface area contributed by atoms with Gasteiger partial charge in [-0.05, 0) is 31.6 Å². The van der Waals surface area contributed by atoms with Gasteiger partial charge in [-0.3, -0.25) is 14.4 Å². The van der Waals surface area contributed by atoms with Crippen LogP contribution in [0.3, 0.4) is 0 Å². The van der Waals surface area contributed by atoms with Gasteiger partial charge in [0.15, 0.2) is 0 Å². The third-order valence-corrected chi connectivity index (χ3v) is 5.54. The largest absolute Gasteiger partial charge is 0.469 e. The first kappa shape index (κ1) is 18.0. The number of hydrogen-bond acceptors (Lipinski definition) is 4. The summed E-state index contributed by atoms with van der Waals surface area (Å²) >= 11 is 0. The molecule has 0 aromatic rings. The van der Waals surface area contributed by atoms with Gasteiger partial charge >= 0.3 is 5.97 Å². The van der Waals surface area contributed by atoms with Gasteiger partial charge in [-0.2, -0.15) is 0 Å². The maximum Gasteiger partial charge on any atom is 0.308 e. The van der Waals surface area contributed by atoms with Gasteiger partial charge in [0.25, 0.3) is 0 Å². The Hall–Kier alpha value is -1.39. The summed E-state index contributed by atoms with van der Waals surface area (Å²) in [4.78, 5) is 38.4. The Morgan fingerprint density at radius 1 is 1.30 bits per heavy atom. The number of ether oxygens (including phenoxy) is 1. The number of fused-ring (bicyclic) bond motifs is 1. The summed E-state index contributed by atoms with van der Waals surface area (Å²) in [7, 11) is 1.36. The molecule has 0 aromatic carbocycles. The molecular weight excluding hydrogens is 294 g/mol. The van der Waals surface area contributed by atoms with E-state index in [2.05, 4.69) is 0 Å². The molecule has 0 saturated carbocycles. The third kappa shape index (κ3) is 3.93. The predicted octanol–water partition coefficient (Wildman–Crippen LogP) is 2.57. The average molecular weight is 323 g/mol. The number of esters is 1. The lowest BCUT2D eigenvalue weighted by atomic mass is 9.76. The highest BCUT2D eigenvalue weighted by Gasteiger charge is 2.42. The van der Waals surface area contributed by atoms with Crippen molar-refractivity contribution in [1.82, 2.24) is 4.90 Å². The van der Waals surface area contributed by atoms with E-state index in [1.54, 1.807) is 6.92 Å². The first-order valence-corrected chi connectivity index (χ1v) is 8.89. The van der Waals surface area contributed by atoms with E-state index in [1.165, 1.54) is 7.11 Å². The number of Topliss-reactive ketones (excluding diaryl/α,β-unsaturated/α-hetero) is 1. The van der Waals surface area contributed by atoms with Crippen LogP contribution in [0.25, 0.3) is 0 Å². The molecule has 0 N–H and O–H groups in total. The van der Waals surface area contributed by atoms with E-state index >= 15 is 0 Å². The van der Waals surface area contributed by atoms with Gasteiger partial charge in [0.2, 0.25) is 5.91 Å². The Kier molecular flexibility index (Phi) is 6.19. The molecule has 2 fully saturated rings. The number of amides is 1. The summed E-state index contributed by atoms with van der Waals surface area (Å²) in [5.41, 5.74) is 0. The molecule has 5 nitrogen and oxygen atoms in total. The Bertz CT molecular complexity index is 462. The lowest BCUT2D eigenvalue weighted by molar-refractivity contribution is -0.147. The van der Waals surface area contributed by atoms with Crippen LogP contribution in [0.1, 0.15) is 58.8 Å². The van der Waals surface area contributed by atoms with E-state index in [4.69, 9.17) is 4.74 Å². The molecule has 0 aromatic heterocycles. The SMILES string of the molecule is CCC(C(=O)CC(C)C(=O)OC)C1CCCCN2C(=O)CCC12. The maximum atomic E-state index is 12.8. The molecule has 2 aliphatic rings. The highest BCUT2D eigenvalue weighted by Crippen LogP contribution is 2.38. The molecule has 0 bridgehead atoms. The number of hydrogen-bond donors (Lipinski definition) is 0. The van der Waals surface area contributed by atoms with Crippen molar-refractivity contribution < 1.29 is 19.1 Å². The molecule has 23 heavy (non-hydrogen) atoms. The van der Waals surface area contributed by atoms with E-state index < -0.39 is 5.92 Å². The molecule has 4 unspecified atom stereocenters. The minimum Gasteiger partial charge on any atom is -0.469 e. The van der Waals surface area contributed by atoms with Gasteiger partial charge in [0.05, 0.1) is 13.0 Å². The molecule has 0 aliphatic carbocycles. The van der Waals surface area contributed by atoms with E-state index in [9.17, 15) is 14.4 Å². The van der Waals surface area contributed by atoms with Gasteiger partial charge in [-0.15, -0.1) is 0 Å². The summed E-state index contributed by atoms with van der Waals surface area (Å²) in [6, 6.07) is 0.215. The molecule has 2 heterocycles. The zero-order valence-electron chi connectivity index (χ0n) is 14.5. The first-order chi connectivity index (χ1) is 11.0. The molecule has 0 radical (unpaired) electrons. The zero-order valence-corrected chi connectivity index (χ0v) is 14.5. The Labute approximate surface area is 138 Å². The van der Waals surface area contributed by atoms with Gasteiger partial charge in [-0.1, -0.05) is 20.3 Å². The number of methoxy groups -OCH3 is 1. The number of carbonyl (C=O) groups excluding carboxylic acids is 3. The highest BCUT2D eigenvalue weighted by atomic mass is 16.5. The molecule has 0 spiro atoms. The first-order valence-electron chi connectivity index (χ1n) is 8.89. The molecule has 130 valence electrons. The molecule has 2 saturated heterocycles. The van der Waals surface area contributed by atoms with Gasteiger partial charge in [0, 0.05) is 31.3 Å². The summed E-state index contributed by atoms with van der Waals surface area (Å²) in [5.74, 6) is -0.144. The Morgan fingerprint density at radius 2 is 2.04 bits per heavy atom. The van der Waals surface area contributed by atoms with Gasteiger partial charge in [0.1, 0.15) is 5.78 Å². The van der Waals surface area contributed by atoms with Crippen molar-refractivity contribution >= 4 is 17.7 Å². The summed E-state index contributed by atoms with van der Waals surface area (Å²) in [5, 5.41) is 0. The highest BCUT2D eigenvalue weighted by molar-refractivity contribution is 5.86. The summed E-state index contributed by atoms with van der Waals surface area (Å²) in [6.07, 6.45) is 5.61. The van der Waals surface area contributed by atoms with Crippen LogP contribution in [0.4, 0.5) is 0 Å². The second-order valence-electron chi connectivity index (χ2n) is 6.96. The fourth-order valence-corrected chi connectivity index (χ4v) is 4.32. The molecule has 2 rings (SSSR count). The smallest absolute Gasteiger partial charge is 0.308 e. The van der Waals surface area contributed by atoms with E-state index in [0.29, 0.717) is 6.42 Å². The monoisotopic (exact) mass is 323 g/mol. The van der Waals surface area contributed by atoms with Crippen molar-refractivity contribution in [3.05, 3.63) is 0 Å². The van der Waals surface area contributed by atoms with Crippen LogP contribution in [0.15, 0.2) is 0 Å². The molecule has 1 amide bonds. The quantitative estimate of drug-likeness (QED) is 0.705. The second kappa shape index (κ2) is 7.93. The van der Waals surface area contributed by atoms with E-state index in [1.807, 2.05) is 11.8 Å². The fourth-order valence-electron chi connectivity index (χ4n) is 4.32. The van der Waals surface area contributed by atoms with E-state index in [-0.39, 0.29) is 42.0 Å². The van der Waals surface area contributed by atoms with Crippen LogP contribution in [0.2, 0.25) is 0 Å². The van der Waals surface area contributed by atoms with Crippen LogP contribution in [0, 0.1) is 17.8 Å². The molecule has 4 atom stereocenters. The summed E-state index contributed by atoms with van der Waals surface area (Å²) < 4.78 is 4.73. The van der Waals surface area contributed by atoms with Crippen LogP contribution >= 0.6 is 0 Å². The number of nitrogens with zero attached hydrogens (tertiary/aromatic N) is 1. The van der Waals surface area contributed by atoms with Crippen LogP contribution in [-0.2, 0) is 19.1 Å². The van der Waals surface area contributed by atoms with Crippen molar-refractivity contribution in [1.29, 1.82) is 0 Å². The van der Waals surface area contributed by atoms with Gasteiger partial charge in [-0.25, -0.2) is 0 Å². The summed E-state index contributed by atoms with van der Waals surface area (Å²) in [6.45, 7) is 4.62.